The van der Waals surface area contributed by atoms with Crippen LogP contribution in [0.4, 0.5) is 0 Å². The van der Waals surface area contributed by atoms with Gasteiger partial charge in [0.15, 0.2) is 0 Å². The summed E-state index contributed by atoms with van der Waals surface area (Å²) < 4.78 is 1.93. The van der Waals surface area contributed by atoms with Crippen LogP contribution in [-0.2, 0) is 13.1 Å². The number of nitrogens with zero attached hydrogens (tertiary/aromatic N) is 6. The molecule has 4 rings (SSSR count). The van der Waals surface area contributed by atoms with Crippen molar-refractivity contribution in [2.75, 3.05) is 6.54 Å². The smallest absolute Gasteiger partial charge is 0.137 e. The molecule has 6 heteroatoms. The molecule has 1 unspecified atom stereocenters. The molecule has 1 atom stereocenters. The first-order valence-corrected chi connectivity index (χ1v) is 8.58. The zero-order chi connectivity index (χ0) is 16.4. The summed E-state index contributed by atoms with van der Waals surface area (Å²) in [6, 6.07) is 8.56. The number of aromatic nitrogens is 5. The third-order valence-electron chi connectivity index (χ3n) is 4.81. The zero-order valence-electron chi connectivity index (χ0n) is 14.0. The maximum Gasteiger partial charge on any atom is 0.137 e. The third-order valence-corrected chi connectivity index (χ3v) is 4.81. The fourth-order valence-corrected chi connectivity index (χ4v) is 3.48. The van der Waals surface area contributed by atoms with Crippen LogP contribution >= 0.6 is 0 Å². The minimum Gasteiger partial charge on any atom is -0.293 e. The highest BCUT2D eigenvalue weighted by atomic mass is 15.3. The lowest BCUT2D eigenvalue weighted by Gasteiger charge is -2.35. The number of likely N-dealkylation sites (tertiary alicyclic amines) is 1. The van der Waals surface area contributed by atoms with Gasteiger partial charge in [-0.05, 0) is 38.4 Å². The molecule has 6 nitrogen and oxygen atoms in total. The molecule has 0 N–H and O–H groups in total. The molecule has 2 aromatic heterocycles. The van der Waals surface area contributed by atoms with Crippen LogP contribution in [0.15, 0.2) is 36.9 Å². The second-order valence-corrected chi connectivity index (χ2v) is 6.48. The Kier molecular flexibility index (Phi) is 4.21. The molecule has 0 bridgehead atoms. The quantitative estimate of drug-likeness (QED) is 0.739. The average molecular weight is 322 g/mol. The molecule has 1 aliphatic heterocycles. The maximum atomic E-state index is 4.86. The van der Waals surface area contributed by atoms with Gasteiger partial charge in [-0.3, -0.25) is 9.58 Å². The van der Waals surface area contributed by atoms with Crippen LogP contribution in [-0.4, -0.2) is 42.2 Å². The number of rotatable bonds is 4. The molecule has 124 valence electrons. The van der Waals surface area contributed by atoms with Crippen molar-refractivity contribution in [3.05, 3.63) is 48.3 Å². The number of hydrogen-bond acceptors (Lipinski definition) is 5. The molecular formula is C18H22N6. The monoisotopic (exact) mass is 322 g/mol. The molecule has 0 aliphatic carbocycles. The van der Waals surface area contributed by atoms with Crippen molar-refractivity contribution < 1.29 is 0 Å². The molecule has 3 aromatic rings. The van der Waals surface area contributed by atoms with Gasteiger partial charge in [0, 0.05) is 12.6 Å². The molecule has 24 heavy (non-hydrogen) atoms. The van der Waals surface area contributed by atoms with Crippen LogP contribution in [0.3, 0.4) is 0 Å². The van der Waals surface area contributed by atoms with Crippen molar-refractivity contribution >= 4 is 11.0 Å². The van der Waals surface area contributed by atoms with Crippen molar-refractivity contribution in [2.45, 2.75) is 45.3 Å². The van der Waals surface area contributed by atoms with Gasteiger partial charge < -0.3 is 0 Å². The maximum absolute atomic E-state index is 4.86. The number of para-hydroxylation sites is 2. The van der Waals surface area contributed by atoms with Gasteiger partial charge in [0.1, 0.15) is 12.7 Å². The lowest BCUT2D eigenvalue weighted by Crippen LogP contribution is -2.42. The minimum absolute atomic E-state index is 0.480. The molecule has 3 heterocycles. The van der Waals surface area contributed by atoms with Gasteiger partial charge in [0.05, 0.1) is 29.0 Å². The number of fused-ring (bicyclic) bond motifs is 1. The SMILES string of the molecule is Cc1nc2ccccc2nc1CN1CCCCC1Cn1cncn1. The summed E-state index contributed by atoms with van der Waals surface area (Å²) in [7, 11) is 0. The number of benzene rings is 1. The Morgan fingerprint density at radius 2 is 1.96 bits per heavy atom. The first-order chi connectivity index (χ1) is 11.8. The predicted octanol–water partition coefficient (Wildman–Crippen LogP) is 2.58. The van der Waals surface area contributed by atoms with Gasteiger partial charge in [-0.2, -0.15) is 5.10 Å². The highest BCUT2D eigenvalue weighted by Gasteiger charge is 2.24. The van der Waals surface area contributed by atoms with E-state index in [-0.39, 0.29) is 0 Å². The van der Waals surface area contributed by atoms with E-state index in [4.69, 9.17) is 9.97 Å². The van der Waals surface area contributed by atoms with Crippen molar-refractivity contribution in [1.29, 1.82) is 0 Å². The molecule has 0 amide bonds. The number of hydrogen-bond donors (Lipinski definition) is 0. The Morgan fingerprint density at radius 3 is 2.75 bits per heavy atom. The standard InChI is InChI=1S/C18H22N6/c1-14-18(22-17-8-3-2-7-16(17)21-14)11-23-9-5-4-6-15(23)10-24-13-19-12-20-24/h2-3,7-8,12-13,15H,4-6,9-11H2,1H3. The van der Waals surface area contributed by atoms with Crippen molar-refractivity contribution in [2.24, 2.45) is 0 Å². The number of piperidine rings is 1. The van der Waals surface area contributed by atoms with Crippen LogP contribution < -0.4 is 0 Å². The summed E-state index contributed by atoms with van der Waals surface area (Å²) in [5.74, 6) is 0. The zero-order valence-corrected chi connectivity index (χ0v) is 14.0. The van der Waals surface area contributed by atoms with Crippen molar-refractivity contribution in [1.82, 2.24) is 29.6 Å². The van der Waals surface area contributed by atoms with E-state index in [1.807, 2.05) is 28.9 Å². The first-order valence-electron chi connectivity index (χ1n) is 8.58. The van der Waals surface area contributed by atoms with E-state index in [1.165, 1.54) is 19.3 Å². The minimum atomic E-state index is 0.480. The van der Waals surface area contributed by atoms with E-state index in [9.17, 15) is 0 Å². The van der Waals surface area contributed by atoms with E-state index in [0.29, 0.717) is 6.04 Å². The molecule has 1 fully saturated rings. The molecule has 0 saturated carbocycles. The molecule has 1 aliphatic rings. The van der Waals surface area contributed by atoms with Crippen LogP contribution in [0.25, 0.3) is 11.0 Å². The Morgan fingerprint density at radius 1 is 1.12 bits per heavy atom. The summed E-state index contributed by atoms with van der Waals surface area (Å²) in [4.78, 5) is 16.2. The second kappa shape index (κ2) is 6.65. The molecule has 0 radical (unpaired) electrons. The van der Waals surface area contributed by atoms with E-state index in [2.05, 4.69) is 21.9 Å². The van der Waals surface area contributed by atoms with Gasteiger partial charge in [-0.15, -0.1) is 0 Å². The van der Waals surface area contributed by atoms with Crippen LogP contribution in [0.1, 0.15) is 30.7 Å². The largest absolute Gasteiger partial charge is 0.293 e. The number of aryl methyl sites for hydroxylation is 1. The Bertz CT molecular complexity index is 813. The van der Waals surface area contributed by atoms with Gasteiger partial charge >= 0.3 is 0 Å². The molecule has 1 saturated heterocycles. The highest BCUT2D eigenvalue weighted by Crippen LogP contribution is 2.22. The van der Waals surface area contributed by atoms with Gasteiger partial charge in [-0.25, -0.2) is 15.0 Å². The summed E-state index contributed by atoms with van der Waals surface area (Å²) in [5, 5.41) is 4.26. The second-order valence-electron chi connectivity index (χ2n) is 6.48. The van der Waals surface area contributed by atoms with Crippen LogP contribution in [0, 0.1) is 6.92 Å². The van der Waals surface area contributed by atoms with E-state index in [1.54, 1.807) is 12.7 Å². The fraction of sp³-hybridized carbons (Fsp3) is 0.444. The van der Waals surface area contributed by atoms with Crippen LogP contribution in [0.2, 0.25) is 0 Å². The van der Waals surface area contributed by atoms with Gasteiger partial charge in [0.2, 0.25) is 0 Å². The predicted molar refractivity (Wildman–Crippen MR) is 92.3 cm³/mol. The summed E-state index contributed by atoms with van der Waals surface area (Å²) in [6.45, 7) is 4.90. The van der Waals surface area contributed by atoms with Crippen LogP contribution in [0.5, 0.6) is 0 Å². The Balaban J connectivity index is 1.57. The van der Waals surface area contributed by atoms with Crippen molar-refractivity contribution in [3.8, 4) is 0 Å². The topological polar surface area (TPSA) is 59.7 Å². The van der Waals surface area contributed by atoms with Gasteiger partial charge in [-0.1, -0.05) is 18.6 Å². The summed E-state index contributed by atoms with van der Waals surface area (Å²) >= 11 is 0. The first kappa shape index (κ1) is 15.2. The van der Waals surface area contributed by atoms with E-state index in [0.717, 1.165) is 42.1 Å². The third kappa shape index (κ3) is 3.14. The average Bonchev–Trinajstić information content (AvgIpc) is 3.10. The molecular weight excluding hydrogens is 300 g/mol. The fourth-order valence-electron chi connectivity index (χ4n) is 3.48. The summed E-state index contributed by atoms with van der Waals surface area (Å²) in [6.07, 6.45) is 7.12. The summed E-state index contributed by atoms with van der Waals surface area (Å²) in [5.41, 5.74) is 4.05. The van der Waals surface area contributed by atoms with E-state index >= 15 is 0 Å². The van der Waals surface area contributed by atoms with E-state index < -0.39 is 0 Å². The Labute approximate surface area is 141 Å². The molecule has 1 aromatic carbocycles. The Hall–Kier alpha value is -2.34. The molecule has 0 spiro atoms. The van der Waals surface area contributed by atoms with Crippen molar-refractivity contribution in [3.63, 3.8) is 0 Å². The normalized spacial score (nSPS) is 19.0. The lowest BCUT2D eigenvalue weighted by atomic mass is 10.0. The van der Waals surface area contributed by atoms with Gasteiger partial charge in [0.25, 0.3) is 0 Å². The highest BCUT2D eigenvalue weighted by molar-refractivity contribution is 5.74. The lowest BCUT2D eigenvalue weighted by molar-refractivity contribution is 0.120.